The number of nitrogens with zero attached hydrogens (tertiary/aromatic N) is 4. The van der Waals surface area contributed by atoms with Crippen molar-refractivity contribution in [1.29, 1.82) is 0 Å². The lowest BCUT2D eigenvalue weighted by Crippen LogP contribution is -2.71. The molecule has 6 aromatic rings. The van der Waals surface area contributed by atoms with Crippen LogP contribution in [-0.4, -0.2) is 69.8 Å². The van der Waals surface area contributed by atoms with Crippen LogP contribution in [0.4, 0.5) is 5.13 Å². The molecule has 12 nitrogen and oxygen atoms in total. The molecule has 0 spiro atoms. The van der Waals surface area contributed by atoms with E-state index in [1.165, 1.54) is 46.4 Å². The van der Waals surface area contributed by atoms with E-state index in [1.54, 1.807) is 42.3 Å². The number of esters is 1. The van der Waals surface area contributed by atoms with E-state index in [2.05, 4.69) is 57.2 Å². The van der Waals surface area contributed by atoms with E-state index in [4.69, 9.17) is 19.3 Å². The number of amides is 2. The molecule has 60 heavy (non-hydrogen) atoms. The fraction of sp³-hybridized carbons (Fsp3) is 0.156. The molecule has 4 heterocycles. The van der Waals surface area contributed by atoms with Gasteiger partial charge in [0, 0.05) is 16.0 Å². The van der Waals surface area contributed by atoms with Crippen LogP contribution in [0.2, 0.25) is 0 Å². The number of carbonyl (C=O) groups is 3. The van der Waals surface area contributed by atoms with Crippen LogP contribution >= 0.6 is 34.4 Å². The summed E-state index contributed by atoms with van der Waals surface area (Å²) in [5.41, 5.74) is 5.53. The molecule has 2 N–H and O–H groups in total. The van der Waals surface area contributed by atoms with Crippen molar-refractivity contribution in [2.24, 2.45) is 5.16 Å². The molecule has 2 aliphatic rings. The number of hydrogen-bond acceptors (Lipinski definition) is 13. The molecule has 2 amide bonds. The third-order valence-corrected chi connectivity index (χ3v) is 13.0. The van der Waals surface area contributed by atoms with Crippen LogP contribution in [0.25, 0.3) is 6.08 Å². The standard InChI is InChI=1S/C45H38N6O6S3/c1-28-36(60-27-46-28)24-19-29-25-58-42-38(41(53)51(42)39(29)43(54)57-34-22-20-33(55-2)21-23-34)48-40(52)37(50-56-3)35-26-59-44(47-35)49-45(30-13-7-4-8-14-30,31-15-9-5-10-16-31)32-17-11-6-12-18-32/h4-24,26-27,38,42H,25H2,1-3H3,(H,47,49)(H,48,52)/b24-19-,50-37-. The summed E-state index contributed by atoms with van der Waals surface area (Å²) in [6, 6.07) is 35.9. The van der Waals surface area contributed by atoms with Gasteiger partial charge in [-0.1, -0.05) is 102 Å². The van der Waals surface area contributed by atoms with Crippen molar-refractivity contribution in [2.75, 3.05) is 25.3 Å². The molecule has 8 rings (SSSR count). The van der Waals surface area contributed by atoms with E-state index in [-0.39, 0.29) is 22.9 Å². The number of allylic oxidation sites excluding steroid dienone is 1. The van der Waals surface area contributed by atoms with Crippen molar-refractivity contribution in [2.45, 2.75) is 23.9 Å². The van der Waals surface area contributed by atoms with Crippen LogP contribution in [0.5, 0.6) is 11.5 Å². The highest BCUT2D eigenvalue weighted by Crippen LogP contribution is 2.43. The van der Waals surface area contributed by atoms with E-state index in [0.717, 1.165) is 27.3 Å². The minimum absolute atomic E-state index is 0.100. The van der Waals surface area contributed by atoms with E-state index in [0.29, 0.717) is 22.2 Å². The average molecular weight is 855 g/mol. The summed E-state index contributed by atoms with van der Waals surface area (Å²) < 4.78 is 11.0. The van der Waals surface area contributed by atoms with Crippen LogP contribution in [-0.2, 0) is 24.8 Å². The zero-order valence-corrected chi connectivity index (χ0v) is 35.1. The Balaban J connectivity index is 1.05. The molecule has 0 saturated carbocycles. The summed E-state index contributed by atoms with van der Waals surface area (Å²) in [7, 11) is 2.89. The van der Waals surface area contributed by atoms with Gasteiger partial charge in [0.1, 0.15) is 47.0 Å². The number of anilines is 1. The summed E-state index contributed by atoms with van der Waals surface area (Å²) in [6.45, 7) is 1.90. The van der Waals surface area contributed by atoms with Crippen molar-refractivity contribution in [3.8, 4) is 11.5 Å². The monoisotopic (exact) mass is 854 g/mol. The maximum absolute atomic E-state index is 14.1. The Morgan fingerprint density at radius 2 is 1.47 bits per heavy atom. The summed E-state index contributed by atoms with van der Waals surface area (Å²) in [5, 5.41) is 12.3. The zero-order valence-electron chi connectivity index (χ0n) is 32.6. The Morgan fingerprint density at radius 3 is 2.03 bits per heavy atom. The molecule has 15 heteroatoms. The maximum Gasteiger partial charge on any atom is 0.360 e. The largest absolute Gasteiger partial charge is 0.497 e. The number of oxime groups is 1. The molecule has 2 aliphatic heterocycles. The third kappa shape index (κ3) is 7.94. The smallest absolute Gasteiger partial charge is 0.360 e. The quantitative estimate of drug-likeness (QED) is 0.0280. The number of thioether (sulfide) groups is 1. The van der Waals surface area contributed by atoms with Crippen LogP contribution < -0.4 is 20.1 Å². The number of β-lactam (4-membered cyclic amide) rings is 1. The van der Waals surface area contributed by atoms with Crippen molar-refractivity contribution in [3.05, 3.63) is 176 Å². The van der Waals surface area contributed by atoms with Crippen LogP contribution in [0, 0.1) is 6.92 Å². The lowest BCUT2D eigenvalue weighted by atomic mass is 9.77. The molecule has 1 saturated heterocycles. The second kappa shape index (κ2) is 17.7. The predicted molar refractivity (Wildman–Crippen MR) is 235 cm³/mol. The zero-order chi connectivity index (χ0) is 41.6. The lowest BCUT2D eigenvalue weighted by molar-refractivity contribution is -0.149. The van der Waals surface area contributed by atoms with Gasteiger partial charge in [-0.05, 0) is 59.5 Å². The molecule has 0 aliphatic carbocycles. The Labute approximate surface area is 358 Å². The first kappa shape index (κ1) is 40.2. The first-order valence-corrected chi connectivity index (χ1v) is 21.6. The van der Waals surface area contributed by atoms with Crippen molar-refractivity contribution < 1.29 is 28.7 Å². The number of aryl methyl sites for hydroxylation is 1. The lowest BCUT2D eigenvalue weighted by Gasteiger charge is -2.49. The molecule has 0 bridgehead atoms. The second-order valence-corrected chi connectivity index (χ2v) is 16.4. The minimum atomic E-state index is -0.972. The highest BCUT2D eigenvalue weighted by Gasteiger charge is 2.54. The molecule has 302 valence electrons. The van der Waals surface area contributed by atoms with Crippen molar-refractivity contribution in [3.63, 3.8) is 0 Å². The Kier molecular flexibility index (Phi) is 11.9. The first-order valence-electron chi connectivity index (χ1n) is 18.8. The van der Waals surface area contributed by atoms with Gasteiger partial charge in [0.05, 0.1) is 18.3 Å². The number of nitrogens with one attached hydrogen (secondary N) is 2. The number of rotatable bonds is 14. The number of methoxy groups -OCH3 is 1. The average Bonchev–Trinajstić information content (AvgIpc) is 3.94. The molecular formula is C45H38N6O6S3. The molecule has 2 aromatic heterocycles. The molecule has 2 atom stereocenters. The number of ether oxygens (including phenoxy) is 2. The molecule has 1 fully saturated rings. The Bertz CT molecular complexity index is 2500. The van der Waals surface area contributed by atoms with Gasteiger partial charge < -0.3 is 24.9 Å². The minimum Gasteiger partial charge on any atom is -0.497 e. The number of aromatic nitrogens is 2. The maximum atomic E-state index is 14.1. The van der Waals surface area contributed by atoms with E-state index < -0.39 is 34.7 Å². The van der Waals surface area contributed by atoms with E-state index in [9.17, 15) is 14.4 Å². The van der Waals surface area contributed by atoms with Crippen LogP contribution in [0.1, 0.15) is 33.0 Å². The highest BCUT2D eigenvalue weighted by atomic mass is 32.2. The van der Waals surface area contributed by atoms with Gasteiger partial charge in [-0.3, -0.25) is 14.5 Å². The number of benzene rings is 4. The number of thiazole rings is 2. The molecule has 2 unspecified atom stereocenters. The second-order valence-electron chi connectivity index (χ2n) is 13.6. The van der Waals surface area contributed by atoms with Gasteiger partial charge in [0.2, 0.25) is 0 Å². The van der Waals surface area contributed by atoms with Crippen LogP contribution in [0.3, 0.4) is 0 Å². The van der Waals surface area contributed by atoms with E-state index >= 15 is 0 Å². The van der Waals surface area contributed by atoms with Gasteiger partial charge in [-0.15, -0.1) is 34.4 Å². The normalized spacial score (nSPS) is 16.6. The number of carbonyl (C=O) groups excluding carboxylic acids is 3. The molecular weight excluding hydrogens is 817 g/mol. The number of hydrogen-bond donors (Lipinski definition) is 2. The van der Waals surface area contributed by atoms with Crippen LogP contribution in [0.15, 0.2) is 149 Å². The Hall–Kier alpha value is -6.55. The van der Waals surface area contributed by atoms with Gasteiger partial charge in [0.15, 0.2) is 10.8 Å². The Morgan fingerprint density at radius 1 is 0.850 bits per heavy atom. The van der Waals surface area contributed by atoms with E-state index in [1.807, 2.05) is 73.7 Å². The van der Waals surface area contributed by atoms with Crippen molar-refractivity contribution in [1.82, 2.24) is 20.2 Å². The van der Waals surface area contributed by atoms with Gasteiger partial charge in [0.25, 0.3) is 11.8 Å². The van der Waals surface area contributed by atoms with Gasteiger partial charge in [-0.25, -0.2) is 14.8 Å². The summed E-state index contributed by atoms with van der Waals surface area (Å²) in [5.74, 6) is -0.582. The fourth-order valence-electron chi connectivity index (χ4n) is 7.09. The predicted octanol–water partition coefficient (Wildman–Crippen LogP) is 7.64. The highest BCUT2D eigenvalue weighted by molar-refractivity contribution is 8.00. The topological polar surface area (TPSA) is 144 Å². The fourth-order valence-corrected chi connectivity index (χ4v) is 9.86. The molecule has 4 aromatic carbocycles. The van der Waals surface area contributed by atoms with Crippen molar-refractivity contribution >= 4 is 69.1 Å². The summed E-state index contributed by atoms with van der Waals surface area (Å²) in [6.07, 6.45) is 3.69. The van der Waals surface area contributed by atoms with Gasteiger partial charge >= 0.3 is 5.97 Å². The van der Waals surface area contributed by atoms with Gasteiger partial charge in [-0.2, -0.15) is 0 Å². The first-order chi connectivity index (χ1) is 29.3. The summed E-state index contributed by atoms with van der Waals surface area (Å²) in [4.78, 5) is 58.6. The SMILES string of the molecule is CO/N=C(\C(=O)NC1C(=O)N2C(C(=O)Oc3ccc(OC)cc3)=C(/C=C\c3scnc3C)CSC12)c1csc(NC(c2ccccc2)(c2ccccc2)c2ccccc2)n1. The number of fused-ring (bicyclic) bond motifs is 1. The molecule has 0 radical (unpaired) electrons. The third-order valence-electron chi connectivity index (χ3n) is 10.0. The summed E-state index contributed by atoms with van der Waals surface area (Å²) >= 11 is 4.20.